The van der Waals surface area contributed by atoms with E-state index in [1.807, 2.05) is 6.92 Å². The largest absolute Gasteiger partial charge is 0.398 e. The van der Waals surface area contributed by atoms with Gasteiger partial charge in [0.1, 0.15) is 0 Å². The summed E-state index contributed by atoms with van der Waals surface area (Å²) in [7, 11) is 0. The predicted octanol–water partition coefficient (Wildman–Crippen LogP) is 1.59. The molecule has 1 aromatic carbocycles. The summed E-state index contributed by atoms with van der Waals surface area (Å²) in [6, 6.07) is 4.21. The van der Waals surface area contributed by atoms with Crippen LogP contribution in [-0.4, -0.2) is 4.92 Å². The summed E-state index contributed by atoms with van der Waals surface area (Å²) in [6.07, 6.45) is 0.752. The molecule has 0 bridgehead atoms. The summed E-state index contributed by atoms with van der Waals surface area (Å²) in [5, 5.41) is 10.4. The van der Waals surface area contributed by atoms with E-state index in [4.69, 9.17) is 11.5 Å². The molecule has 76 valence electrons. The fourth-order valence-corrected chi connectivity index (χ4v) is 1.23. The van der Waals surface area contributed by atoms with Gasteiger partial charge in [0.25, 0.3) is 5.69 Å². The number of anilines is 1. The maximum absolute atomic E-state index is 10.4. The first kappa shape index (κ1) is 10.5. The van der Waals surface area contributed by atoms with Gasteiger partial charge in [0.05, 0.1) is 4.92 Å². The third-order valence-electron chi connectivity index (χ3n) is 2.12. The maximum Gasteiger partial charge on any atom is 0.271 e. The van der Waals surface area contributed by atoms with Crippen LogP contribution < -0.4 is 11.5 Å². The Morgan fingerprint density at radius 2 is 2.21 bits per heavy atom. The molecule has 5 nitrogen and oxygen atoms in total. The summed E-state index contributed by atoms with van der Waals surface area (Å²) in [5.41, 5.74) is 12.6. The smallest absolute Gasteiger partial charge is 0.271 e. The van der Waals surface area contributed by atoms with Crippen molar-refractivity contribution in [2.24, 2.45) is 5.73 Å². The number of hydrogen-bond acceptors (Lipinski definition) is 4. The molecule has 0 fully saturated rings. The first-order chi connectivity index (χ1) is 6.56. The number of non-ortho nitro benzene ring substituents is 1. The average Bonchev–Trinajstić information content (AvgIpc) is 2.16. The molecule has 0 aliphatic heterocycles. The van der Waals surface area contributed by atoms with Crippen molar-refractivity contribution in [2.45, 2.75) is 19.4 Å². The molecule has 0 radical (unpaired) electrons. The van der Waals surface area contributed by atoms with Crippen LogP contribution in [-0.2, 0) is 0 Å². The molecule has 1 rings (SSSR count). The molecule has 0 heterocycles. The van der Waals surface area contributed by atoms with Gasteiger partial charge in [0.2, 0.25) is 0 Å². The van der Waals surface area contributed by atoms with Crippen LogP contribution >= 0.6 is 0 Å². The zero-order valence-corrected chi connectivity index (χ0v) is 7.93. The second kappa shape index (κ2) is 4.06. The Kier molecular flexibility index (Phi) is 3.03. The summed E-state index contributed by atoms with van der Waals surface area (Å²) in [5.74, 6) is 0. The van der Waals surface area contributed by atoms with Crippen molar-refractivity contribution in [3.63, 3.8) is 0 Å². The minimum atomic E-state index is -0.475. The van der Waals surface area contributed by atoms with Gasteiger partial charge < -0.3 is 11.5 Å². The Labute approximate surface area is 81.9 Å². The van der Waals surface area contributed by atoms with Gasteiger partial charge in [0, 0.05) is 23.9 Å². The topological polar surface area (TPSA) is 95.2 Å². The van der Waals surface area contributed by atoms with Crippen molar-refractivity contribution in [3.05, 3.63) is 33.9 Å². The van der Waals surface area contributed by atoms with Crippen molar-refractivity contribution < 1.29 is 4.92 Å². The average molecular weight is 195 g/mol. The van der Waals surface area contributed by atoms with Crippen molar-refractivity contribution >= 4 is 11.4 Å². The molecule has 0 unspecified atom stereocenters. The minimum absolute atomic E-state index is 0.00504. The second-order valence-corrected chi connectivity index (χ2v) is 3.09. The van der Waals surface area contributed by atoms with Crippen molar-refractivity contribution in [3.8, 4) is 0 Å². The first-order valence-corrected chi connectivity index (χ1v) is 4.35. The third kappa shape index (κ3) is 2.00. The van der Waals surface area contributed by atoms with Crippen LogP contribution in [0, 0.1) is 10.1 Å². The standard InChI is InChI=1S/C9H13N3O2/c1-2-8(10)7-4-3-6(12(13)14)5-9(7)11/h3-5,8H,2,10-11H2,1H3/t8-/m0/s1. The number of nitro groups is 1. The zero-order chi connectivity index (χ0) is 10.7. The fraction of sp³-hybridized carbons (Fsp3) is 0.333. The van der Waals surface area contributed by atoms with E-state index in [0.717, 1.165) is 12.0 Å². The lowest BCUT2D eigenvalue weighted by atomic mass is 10.0. The Hall–Kier alpha value is -1.62. The summed E-state index contributed by atoms with van der Waals surface area (Å²) in [6.45, 7) is 1.94. The number of nitrogen functional groups attached to an aromatic ring is 1. The number of rotatable bonds is 3. The van der Waals surface area contributed by atoms with Crippen molar-refractivity contribution in [1.29, 1.82) is 0 Å². The Bertz CT molecular complexity index is 352. The van der Waals surface area contributed by atoms with Crippen LogP contribution in [0.4, 0.5) is 11.4 Å². The number of benzene rings is 1. The molecule has 0 saturated heterocycles. The van der Waals surface area contributed by atoms with Gasteiger partial charge in [-0.15, -0.1) is 0 Å². The van der Waals surface area contributed by atoms with E-state index in [2.05, 4.69) is 0 Å². The summed E-state index contributed by atoms with van der Waals surface area (Å²) < 4.78 is 0. The van der Waals surface area contributed by atoms with E-state index in [-0.39, 0.29) is 11.7 Å². The SMILES string of the molecule is CC[C@H](N)c1ccc([N+](=O)[O-])cc1N. The highest BCUT2D eigenvalue weighted by atomic mass is 16.6. The molecule has 0 saturated carbocycles. The van der Waals surface area contributed by atoms with Crippen LogP contribution in [0.25, 0.3) is 0 Å². The Morgan fingerprint density at radius 1 is 1.57 bits per heavy atom. The van der Waals surface area contributed by atoms with E-state index in [0.29, 0.717) is 5.69 Å². The van der Waals surface area contributed by atoms with Crippen LogP contribution in [0.1, 0.15) is 24.9 Å². The molecule has 0 aliphatic carbocycles. The van der Waals surface area contributed by atoms with E-state index in [1.54, 1.807) is 6.07 Å². The van der Waals surface area contributed by atoms with Crippen molar-refractivity contribution in [2.75, 3.05) is 5.73 Å². The molecule has 5 heteroatoms. The van der Waals surface area contributed by atoms with Gasteiger partial charge >= 0.3 is 0 Å². The normalized spacial score (nSPS) is 12.4. The number of nitrogens with zero attached hydrogens (tertiary/aromatic N) is 1. The molecule has 1 aromatic rings. The fourth-order valence-electron chi connectivity index (χ4n) is 1.23. The van der Waals surface area contributed by atoms with Gasteiger partial charge in [-0.25, -0.2) is 0 Å². The number of hydrogen-bond donors (Lipinski definition) is 2. The van der Waals surface area contributed by atoms with Gasteiger partial charge in [-0.3, -0.25) is 10.1 Å². The van der Waals surface area contributed by atoms with E-state index >= 15 is 0 Å². The maximum atomic E-state index is 10.4. The van der Waals surface area contributed by atoms with E-state index < -0.39 is 4.92 Å². The highest BCUT2D eigenvalue weighted by molar-refractivity contribution is 5.55. The zero-order valence-electron chi connectivity index (χ0n) is 7.93. The van der Waals surface area contributed by atoms with Crippen LogP contribution in [0.2, 0.25) is 0 Å². The molecule has 4 N–H and O–H groups in total. The minimum Gasteiger partial charge on any atom is -0.398 e. The quantitative estimate of drug-likeness (QED) is 0.435. The predicted molar refractivity (Wildman–Crippen MR) is 54.7 cm³/mol. The number of nitro benzene ring substituents is 1. The van der Waals surface area contributed by atoms with Gasteiger partial charge in [-0.1, -0.05) is 6.92 Å². The Balaban J connectivity index is 3.07. The lowest BCUT2D eigenvalue weighted by molar-refractivity contribution is -0.384. The first-order valence-electron chi connectivity index (χ1n) is 4.35. The lowest BCUT2D eigenvalue weighted by Crippen LogP contribution is -2.11. The van der Waals surface area contributed by atoms with Crippen molar-refractivity contribution in [1.82, 2.24) is 0 Å². The summed E-state index contributed by atoms with van der Waals surface area (Å²) in [4.78, 5) is 9.95. The molecule has 0 aromatic heterocycles. The van der Waals surface area contributed by atoms with E-state index in [9.17, 15) is 10.1 Å². The molecular weight excluding hydrogens is 182 g/mol. The van der Waals surface area contributed by atoms with Gasteiger partial charge in [-0.05, 0) is 18.1 Å². The molecule has 0 aliphatic rings. The van der Waals surface area contributed by atoms with Gasteiger partial charge in [0.15, 0.2) is 0 Å². The third-order valence-corrected chi connectivity index (χ3v) is 2.12. The molecular formula is C9H13N3O2. The Morgan fingerprint density at radius 3 is 2.64 bits per heavy atom. The molecule has 1 atom stereocenters. The second-order valence-electron chi connectivity index (χ2n) is 3.09. The van der Waals surface area contributed by atoms with Crippen LogP contribution in [0.3, 0.4) is 0 Å². The lowest BCUT2D eigenvalue weighted by Gasteiger charge is -2.11. The molecule has 0 spiro atoms. The highest BCUT2D eigenvalue weighted by Crippen LogP contribution is 2.25. The van der Waals surface area contributed by atoms with Crippen LogP contribution in [0.15, 0.2) is 18.2 Å². The summed E-state index contributed by atoms with van der Waals surface area (Å²) >= 11 is 0. The molecule has 14 heavy (non-hydrogen) atoms. The van der Waals surface area contributed by atoms with Gasteiger partial charge in [-0.2, -0.15) is 0 Å². The number of nitrogens with two attached hydrogens (primary N) is 2. The monoisotopic (exact) mass is 195 g/mol. The van der Waals surface area contributed by atoms with Crippen LogP contribution in [0.5, 0.6) is 0 Å². The highest BCUT2D eigenvalue weighted by Gasteiger charge is 2.12. The molecule has 0 amide bonds. The van der Waals surface area contributed by atoms with E-state index in [1.165, 1.54) is 12.1 Å².